The molecule has 0 bridgehead atoms. The first-order valence-electron chi connectivity index (χ1n) is 26.7. The second kappa shape index (κ2) is 33.8. The van der Waals surface area contributed by atoms with E-state index in [4.69, 9.17) is 23.7 Å². The predicted octanol–water partition coefficient (Wildman–Crippen LogP) is 16.4. The normalized spacial score (nSPS) is 16.3. The first-order valence-corrected chi connectivity index (χ1v) is 26.7. The van der Waals surface area contributed by atoms with Gasteiger partial charge in [0.05, 0.1) is 29.8 Å². The molecule has 8 nitrogen and oxygen atoms in total. The van der Waals surface area contributed by atoms with Gasteiger partial charge in [-0.25, -0.2) is 9.59 Å². The maximum atomic E-state index is 12.3. The molecule has 11 heteroatoms. The SMILES string of the molecule is Cc1[c-]cc(-c2ccc(OC(=O)C3CCC(C)CC3)cc2)cc1C.Cc1ccc(C(=O)Oc2ccc(C(=O)Oc3c[c-]c(C)c(C)c3)cc2)cc1.Cc1ccc(OCC2CCC(OCc3c[c-]c(C)c(C)c3)CC2)cc1.[HH].[HH].[Y].[Y].[Y]. The predicted molar refractivity (Wildman–Crippen MR) is 305 cm³/mol. The largest absolute Gasteiger partial charge is 0.493 e. The van der Waals surface area contributed by atoms with Gasteiger partial charge < -0.3 is 23.7 Å². The van der Waals surface area contributed by atoms with E-state index in [0.29, 0.717) is 47.0 Å². The quantitative estimate of drug-likeness (QED) is 0.0640. The number of aryl methyl sites for hydroxylation is 8. The van der Waals surface area contributed by atoms with Crippen LogP contribution in [-0.2, 0) is 114 Å². The average molecular weight is 1290 g/mol. The molecule has 7 aromatic carbocycles. The molecule has 0 N–H and O–H groups in total. The van der Waals surface area contributed by atoms with Crippen molar-refractivity contribution >= 4 is 17.9 Å². The van der Waals surface area contributed by atoms with Crippen molar-refractivity contribution in [1.29, 1.82) is 0 Å². The number of carbonyl (C=O) groups is 3. The van der Waals surface area contributed by atoms with Gasteiger partial charge in [0.25, 0.3) is 0 Å². The van der Waals surface area contributed by atoms with Gasteiger partial charge in [-0.15, -0.1) is 23.3 Å². The van der Waals surface area contributed by atoms with Crippen LogP contribution in [0.5, 0.6) is 23.0 Å². The smallest absolute Gasteiger partial charge is 0.343 e. The Morgan fingerprint density at radius 2 is 0.949 bits per heavy atom. The Morgan fingerprint density at radius 1 is 0.481 bits per heavy atom. The molecule has 0 aliphatic heterocycles. The maximum Gasteiger partial charge on any atom is 0.343 e. The van der Waals surface area contributed by atoms with E-state index in [0.717, 1.165) is 84.6 Å². The monoisotopic (exact) mass is 1290 g/mol. The molecule has 0 aromatic heterocycles. The van der Waals surface area contributed by atoms with Gasteiger partial charge in [-0.05, 0) is 138 Å². The van der Waals surface area contributed by atoms with Crippen molar-refractivity contribution in [2.75, 3.05) is 6.61 Å². The van der Waals surface area contributed by atoms with Crippen molar-refractivity contribution in [2.24, 2.45) is 17.8 Å². The summed E-state index contributed by atoms with van der Waals surface area (Å²) < 4.78 is 28.3. The van der Waals surface area contributed by atoms with Crippen LogP contribution in [0.25, 0.3) is 11.1 Å². The van der Waals surface area contributed by atoms with Crippen molar-refractivity contribution in [3.05, 3.63) is 213 Å². The molecule has 409 valence electrons. The van der Waals surface area contributed by atoms with E-state index in [1.165, 1.54) is 46.2 Å². The number of esters is 3. The minimum atomic E-state index is -0.483. The van der Waals surface area contributed by atoms with Crippen LogP contribution in [0.4, 0.5) is 0 Å². The Balaban J connectivity index is 0.000000403. The van der Waals surface area contributed by atoms with E-state index in [1.54, 1.807) is 48.5 Å². The number of hydrogen-bond acceptors (Lipinski definition) is 8. The number of carbonyl (C=O) groups excluding carboxylic acids is 3. The molecule has 0 saturated heterocycles. The van der Waals surface area contributed by atoms with E-state index < -0.39 is 11.9 Å². The van der Waals surface area contributed by atoms with Crippen LogP contribution in [0.3, 0.4) is 0 Å². The summed E-state index contributed by atoms with van der Waals surface area (Å²) in [5.74, 6) is 2.86. The summed E-state index contributed by atoms with van der Waals surface area (Å²) in [6.45, 7) is 20.1. The van der Waals surface area contributed by atoms with Gasteiger partial charge >= 0.3 is 17.9 Å². The van der Waals surface area contributed by atoms with E-state index in [9.17, 15) is 14.4 Å². The molecular formula is C68H77O8Y3-3. The van der Waals surface area contributed by atoms with E-state index >= 15 is 0 Å². The summed E-state index contributed by atoms with van der Waals surface area (Å²) in [7, 11) is 0. The number of benzene rings is 7. The number of rotatable bonds is 13. The zero-order valence-corrected chi connectivity index (χ0v) is 56.1. The molecule has 7 aromatic rings. The van der Waals surface area contributed by atoms with Crippen LogP contribution in [-0.4, -0.2) is 30.6 Å². The second-order valence-electron chi connectivity index (χ2n) is 20.8. The summed E-state index contributed by atoms with van der Waals surface area (Å²) in [6.07, 6.45) is 9.20. The molecule has 0 atom stereocenters. The standard InChI is InChI=1S/C23H19O4.C23H29O2.C22H25O2.3Y.2H2/c1-15-4-7-18(8-5-15)22(24)26-20-12-9-19(10-13-20)23(25)27-21-11-6-16(2)17(3)14-21;1-17-4-10-22(11-5-17)24-15-20-8-12-23(13-9-20)25-16-21-7-6-18(2)19(3)14-21;1-15-4-7-19(8-5-15)22(23)24-21-12-10-18(11-13-21)20-9-6-16(2)17(3)14-20;;;;;/h4-5,7-14H,1-3H3;4-5,7,10-11,14,20,23H,8-9,12-13,15-16H2,1-3H3;9-15,19H,4-5,7-8H2,1-3H3;;;;2*1H/q3*-1;;;;;. The van der Waals surface area contributed by atoms with Crippen LogP contribution in [0.15, 0.2) is 133 Å². The van der Waals surface area contributed by atoms with Crippen molar-refractivity contribution in [1.82, 2.24) is 0 Å². The van der Waals surface area contributed by atoms with Crippen LogP contribution < -0.4 is 18.9 Å². The Bertz CT molecular complexity index is 3030. The fraction of sp³-hybridized carbons (Fsp3) is 0.338. The summed E-state index contributed by atoms with van der Waals surface area (Å²) in [4.78, 5) is 36.7. The molecule has 2 aliphatic rings. The zero-order valence-electron chi connectivity index (χ0n) is 47.6. The Morgan fingerprint density at radius 3 is 1.51 bits per heavy atom. The first kappa shape index (κ1) is 67.5. The minimum Gasteiger partial charge on any atom is -0.493 e. The third-order valence-corrected chi connectivity index (χ3v) is 14.6. The first-order chi connectivity index (χ1) is 36.5. The molecule has 2 fully saturated rings. The molecule has 0 heterocycles. The molecule has 2 saturated carbocycles. The summed E-state index contributed by atoms with van der Waals surface area (Å²) >= 11 is 0. The molecule has 0 amide bonds. The summed E-state index contributed by atoms with van der Waals surface area (Å²) in [5.41, 5.74) is 13.6. The fourth-order valence-electron chi connectivity index (χ4n) is 9.01. The minimum absolute atomic E-state index is 0. The molecule has 79 heavy (non-hydrogen) atoms. The topological polar surface area (TPSA) is 97.4 Å². The summed E-state index contributed by atoms with van der Waals surface area (Å²) in [6, 6.07) is 51.0. The maximum absolute atomic E-state index is 12.3. The van der Waals surface area contributed by atoms with Gasteiger partial charge in [-0.1, -0.05) is 102 Å². The van der Waals surface area contributed by atoms with Gasteiger partial charge in [0.2, 0.25) is 0 Å². The second-order valence-corrected chi connectivity index (χ2v) is 20.8. The molecule has 9 rings (SSSR count). The van der Waals surface area contributed by atoms with Crippen LogP contribution >= 0.6 is 0 Å². The van der Waals surface area contributed by atoms with Gasteiger partial charge in [0.15, 0.2) is 0 Å². The van der Waals surface area contributed by atoms with Gasteiger partial charge in [-0.2, -0.15) is 75.8 Å². The van der Waals surface area contributed by atoms with Crippen LogP contribution in [0.2, 0.25) is 0 Å². The average Bonchev–Trinajstić information content (AvgIpc) is 3.42. The third kappa shape index (κ3) is 21.7. The van der Waals surface area contributed by atoms with Gasteiger partial charge in [0, 0.05) is 113 Å². The third-order valence-electron chi connectivity index (χ3n) is 14.6. The van der Waals surface area contributed by atoms with Crippen molar-refractivity contribution in [2.45, 2.75) is 126 Å². The molecular weight excluding hydrogens is 1210 g/mol. The molecule has 2 aliphatic carbocycles. The van der Waals surface area contributed by atoms with E-state index in [1.807, 2.05) is 63.2 Å². The fourth-order valence-corrected chi connectivity index (χ4v) is 9.01. The zero-order chi connectivity index (χ0) is 54.1. The number of hydrogen-bond donors (Lipinski definition) is 0. The molecule has 3 radical (unpaired) electrons. The van der Waals surface area contributed by atoms with E-state index in [2.05, 4.69) is 102 Å². The van der Waals surface area contributed by atoms with Gasteiger partial charge in [-0.3, -0.25) is 4.79 Å². The Hall–Kier alpha value is -3.98. The van der Waals surface area contributed by atoms with E-state index in [-0.39, 0.29) is 113 Å². The van der Waals surface area contributed by atoms with Crippen LogP contribution in [0.1, 0.15) is 132 Å². The Labute approximate surface area is 548 Å². The van der Waals surface area contributed by atoms with Crippen molar-refractivity contribution in [3.8, 4) is 34.1 Å². The van der Waals surface area contributed by atoms with Crippen LogP contribution in [0, 0.1) is 91.3 Å². The van der Waals surface area contributed by atoms with Crippen molar-refractivity contribution < 1.29 is 139 Å². The summed E-state index contributed by atoms with van der Waals surface area (Å²) in [5, 5.41) is 0. The number of ether oxygens (including phenoxy) is 5. The Kier molecular flexibility index (Phi) is 28.9. The molecule has 0 unspecified atom stereocenters. The van der Waals surface area contributed by atoms with Gasteiger partial charge in [0.1, 0.15) is 17.2 Å². The van der Waals surface area contributed by atoms with Crippen molar-refractivity contribution in [3.63, 3.8) is 0 Å². The molecule has 0 spiro atoms.